The van der Waals surface area contributed by atoms with Crippen molar-refractivity contribution in [3.63, 3.8) is 0 Å². The van der Waals surface area contributed by atoms with Gasteiger partial charge in [0.25, 0.3) is 0 Å². The first-order valence-electron chi connectivity index (χ1n) is 7.44. The molecule has 1 saturated heterocycles. The zero-order valence-corrected chi connectivity index (χ0v) is 12.2. The van der Waals surface area contributed by atoms with Crippen molar-refractivity contribution in [2.24, 2.45) is 17.8 Å². The van der Waals surface area contributed by atoms with Crippen molar-refractivity contribution in [3.05, 3.63) is 0 Å². The second-order valence-electron chi connectivity index (χ2n) is 6.68. The minimum atomic E-state index is 0.304. The van der Waals surface area contributed by atoms with Gasteiger partial charge in [-0.25, -0.2) is 0 Å². The predicted octanol–water partition coefficient (Wildman–Crippen LogP) is 1.88. The smallest absolute Gasteiger partial charge is 0.137 e. The number of hydrogen-bond donors (Lipinski definition) is 0. The third-order valence-corrected chi connectivity index (χ3v) is 4.62. The van der Waals surface area contributed by atoms with Gasteiger partial charge in [-0.05, 0) is 51.7 Å². The predicted molar refractivity (Wildman–Crippen MR) is 74.6 cm³/mol. The molecule has 104 valence electrons. The van der Waals surface area contributed by atoms with Gasteiger partial charge in [-0.2, -0.15) is 0 Å². The number of hydrogen-bond acceptors (Lipinski definition) is 3. The van der Waals surface area contributed by atoms with Crippen LogP contribution in [0.15, 0.2) is 0 Å². The molecule has 2 fully saturated rings. The summed E-state index contributed by atoms with van der Waals surface area (Å²) in [6.45, 7) is 6.87. The lowest BCUT2D eigenvalue weighted by Gasteiger charge is -2.30. The van der Waals surface area contributed by atoms with Gasteiger partial charge in [0.1, 0.15) is 5.78 Å². The molecule has 2 rings (SSSR count). The Labute approximate surface area is 112 Å². The van der Waals surface area contributed by atoms with Crippen molar-refractivity contribution in [3.8, 4) is 0 Å². The summed E-state index contributed by atoms with van der Waals surface area (Å²) in [5.74, 6) is 2.34. The van der Waals surface area contributed by atoms with Gasteiger partial charge in [0.2, 0.25) is 0 Å². The lowest BCUT2D eigenvalue weighted by molar-refractivity contribution is -0.126. The molecule has 0 bridgehead atoms. The van der Waals surface area contributed by atoms with E-state index in [0.717, 1.165) is 44.2 Å². The Kier molecular flexibility index (Phi) is 4.79. The molecular formula is C15H28N2O. The van der Waals surface area contributed by atoms with E-state index in [2.05, 4.69) is 30.8 Å². The second kappa shape index (κ2) is 6.16. The minimum absolute atomic E-state index is 0.304. The molecule has 3 atom stereocenters. The number of Topliss-reactive ketones (excluding diaryl/α,β-unsaturated/α-hetero) is 1. The van der Waals surface area contributed by atoms with Crippen molar-refractivity contribution in [2.45, 2.75) is 32.6 Å². The van der Waals surface area contributed by atoms with E-state index in [9.17, 15) is 4.79 Å². The number of carbonyl (C=O) groups excluding carboxylic acids is 1. The number of ketones is 1. The van der Waals surface area contributed by atoms with E-state index in [1.54, 1.807) is 0 Å². The van der Waals surface area contributed by atoms with Crippen LogP contribution in [0.3, 0.4) is 0 Å². The van der Waals surface area contributed by atoms with E-state index < -0.39 is 0 Å². The summed E-state index contributed by atoms with van der Waals surface area (Å²) in [5, 5.41) is 0. The third-order valence-electron chi connectivity index (χ3n) is 4.62. The van der Waals surface area contributed by atoms with Crippen LogP contribution >= 0.6 is 0 Å². The average molecular weight is 252 g/mol. The van der Waals surface area contributed by atoms with Crippen molar-refractivity contribution < 1.29 is 4.79 Å². The summed E-state index contributed by atoms with van der Waals surface area (Å²) < 4.78 is 0. The first kappa shape index (κ1) is 14.0. The Morgan fingerprint density at radius 1 is 1.33 bits per heavy atom. The molecule has 1 aliphatic carbocycles. The van der Waals surface area contributed by atoms with Crippen LogP contribution in [0.1, 0.15) is 32.6 Å². The highest BCUT2D eigenvalue weighted by atomic mass is 16.1. The maximum absolute atomic E-state index is 11.9. The fraction of sp³-hybridized carbons (Fsp3) is 0.933. The Morgan fingerprint density at radius 3 is 2.78 bits per heavy atom. The maximum Gasteiger partial charge on any atom is 0.137 e. The monoisotopic (exact) mass is 252 g/mol. The molecule has 1 aliphatic heterocycles. The molecule has 0 amide bonds. The molecule has 1 heterocycles. The van der Waals surface area contributed by atoms with Gasteiger partial charge in [0.05, 0.1) is 0 Å². The highest BCUT2D eigenvalue weighted by Gasteiger charge is 2.28. The SMILES string of the molecule is CC1CCC(=O)C(CN(C)CC2CCN(C)C2)C1. The number of likely N-dealkylation sites (tertiary alicyclic amines) is 1. The zero-order chi connectivity index (χ0) is 13.1. The lowest BCUT2D eigenvalue weighted by atomic mass is 9.81. The first-order chi connectivity index (χ1) is 8.54. The quantitative estimate of drug-likeness (QED) is 0.763. The molecule has 18 heavy (non-hydrogen) atoms. The summed E-state index contributed by atoms with van der Waals surface area (Å²) in [7, 11) is 4.39. The molecule has 2 aliphatic rings. The molecular weight excluding hydrogens is 224 g/mol. The fourth-order valence-corrected chi connectivity index (χ4v) is 3.57. The summed E-state index contributed by atoms with van der Waals surface area (Å²) in [6, 6.07) is 0. The third kappa shape index (κ3) is 3.79. The van der Waals surface area contributed by atoms with Crippen molar-refractivity contribution >= 4 is 5.78 Å². The van der Waals surface area contributed by atoms with Crippen molar-refractivity contribution in [1.29, 1.82) is 0 Å². The second-order valence-corrected chi connectivity index (χ2v) is 6.68. The summed E-state index contributed by atoms with van der Waals surface area (Å²) in [5.41, 5.74) is 0. The molecule has 3 heteroatoms. The van der Waals surface area contributed by atoms with Gasteiger partial charge in [-0.1, -0.05) is 6.92 Å². The molecule has 0 aromatic rings. The molecule has 0 aromatic carbocycles. The Balaban J connectivity index is 1.76. The molecule has 0 aromatic heterocycles. The van der Waals surface area contributed by atoms with Crippen LogP contribution in [-0.4, -0.2) is 55.9 Å². The molecule has 1 saturated carbocycles. The van der Waals surface area contributed by atoms with Crippen LogP contribution in [0, 0.1) is 17.8 Å². The standard InChI is InChI=1S/C15H28N2O/c1-12-4-5-15(18)14(8-12)11-17(3)10-13-6-7-16(2)9-13/h12-14H,4-11H2,1-3H3. The number of nitrogens with zero attached hydrogens (tertiary/aromatic N) is 2. The van der Waals surface area contributed by atoms with Gasteiger partial charge in [0, 0.05) is 32.0 Å². The highest BCUT2D eigenvalue weighted by molar-refractivity contribution is 5.81. The number of rotatable bonds is 4. The highest BCUT2D eigenvalue weighted by Crippen LogP contribution is 2.27. The zero-order valence-electron chi connectivity index (χ0n) is 12.2. The summed E-state index contributed by atoms with van der Waals surface area (Å²) >= 11 is 0. The topological polar surface area (TPSA) is 23.6 Å². The van der Waals surface area contributed by atoms with Crippen molar-refractivity contribution in [1.82, 2.24) is 9.80 Å². The summed E-state index contributed by atoms with van der Waals surface area (Å²) in [6.07, 6.45) is 4.34. The normalized spacial score (nSPS) is 34.4. The van der Waals surface area contributed by atoms with Crippen molar-refractivity contribution in [2.75, 3.05) is 40.3 Å². The van der Waals surface area contributed by atoms with Crippen LogP contribution in [-0.2, 0) is 4.79 Å². The fourth-order valence-electron chi connectivity index (χ4n) is 3.57. The van der Waals surface area contributed by atoms with E-state index in [1.165, 1.54) is 19.5 Å². The van der Waals surface area contributed by atoms with Crippen LogP contribution in [0.2, 0.25) is 0 Å². The van der Waals surface area contributed by atoms with Gasteiger partial charge in [0.15, 0.2) is 0 Å². The lowest BCUT2D eigenvalue weighted by Crippen LogP contribution is -2.37. The van der Waals surface area contributed by atoms with E-state index in [0.29, 0.717) is 11.7 Å². The van der Waals surface area contributed by atoms with E-state index in [4.69, 9.17) is 0 Å². The molecule has 0 radical (unpaired) electrons. The average Bonchev–Trinajstić information content (AvgIpc) is 2.69. The summed E-state index contributed by atoms with van der Waals surface area (Å²) in [4.78, 5) is 16.7. The van der Waals surface area contributed by atoms with Gasteiger partial charge >= 0.3 is 0 Å². The van der Waals surface area contributed by atoms with E-state index in [1.807, 2.05) is 0 Å². The van der Waals surface area contributed by atoms with Crippen LogP contribution in [0.5, 0.6) is 0 Å². The molecule has 3 unspecified atom stereocenters. The van der Waals surface area contributed by atoms with Crippen LogP contribution < -0.4 is 0 Å². The largest absolute Gasteiger partial charge is 0.306 e. The Hall–Kier alpha value is -0.410. The van der Waals surface area contributed by atoms with E-state index >= 15 is 0 Å². The maximum atomic E-state index is 11.9. The molecule has 0 spiro atoms. The van der Waals surface area contributed by atoms with E-state index in [-0.39, 0.29) is 0 Å². The molecule has 3 nitrogen and oxygen atoms in total. The van der Waals surface area contributed by atoms with Gasteiger partial charge < -0.3 is 9.80 Å². The Morgan fingerprint density at radius 2 is 2.11 bits per heavy atom. The van der Waals surface area contributed by atoms with Crippen LogP contribution in [0.25, 0.3) is 0 Å². The van der Waals surface area contributed by atoms with Gasteiger partial charge in [-0.15, -0.1) is 0 Å². The first-order valence-corrected chi connectivity index (χ1v) is 7.44. The van der Waals surface area contributed by atoms with Gasteiger partial charge in [-0.3, -0.25) is 4.79 Å². The Bertz CT molecular complexity index is 292. The minimum Gasteiger partial charge on any atom is -0.306 e. The molecule has 0 N–H and O–H groups in total. The number of carbonyl (C=O) groups is 1. The van der Waals surface area contributed by atoms with Crippen LogP contribution in [0.4, 0.5) is 0 Å².